The smallest absolute Gasteiger partial charge is 0.336 e. The highest BCUT2D eigenvalue weighted by molar-refractivity contribution is 9.10. The molecule has 1 heterocycles. The van der Waals surface area contributed by atoms with Crippen LogP contribution in [0.2, 0.25) is 0 Å². The highest BCUT2D eigenvalue weighted by Gasteiger charge is 2.17. The minimum atomic E-state index is -1.09. The molecule has 0 spiro atoms. The number of carbonyl (C=O) groups excluding carboxylic acids is 2. The van der Waals surface area contributed by atoms with Crippen LogP contribution in [0.25, 0.3) is 22.0 Å². The lowest BCUT2D eigenvalue weighted by atomic mass is 9.98. The van der Waals surface area contributed by atoms with Crippen molar-refractivity contribution in [3.8, 4) is 11.3 Å². The summed E-state index contributed by atoms with van der Waals surface area (Å²) in [5, 5.41) is 18.7. The molecule has 2 amide bonds. The number of thiazole rings is 1. The number of anilines is 2. The molecule has 5 rings (SSSR count). The fourth-order valence-electron chi connectivity index (χ4n) is 3.93. The number of carboxylic acid groups (broad SMARTS) is 1. The molecular weight excluding hydrogens is 598 g/mol. The van der Waals surface area contributed by atoms with Gasteiger partial charge in [-0.2, -0.15) is 0 Å². The van der Waals surface area contributed by atoms with Crippen molar-refractivity contribution < 1.29 is 19.5 Å². The average Bonchev–Trinajstić information content (AvgIpc) is 3.40. The first-order valence-corrected chi connectivity index (χ1v) is 14.3. The van der Waals surface area contributed by atoms with Crippen LogP contribution in [0.15, 0.2) is 99.7 Å². The normalized spacial score (nSPS) is 10.8. The predicted molar refractivity (Wildman–Crippen MR) is 160 cm³/mol. The average molecular weight is 619 g/mol. The molecule has 4 aromatic carbocycles. The van der Waals surface area contributed by atoms with Gasteiger partial charge in [0.15, 0.2) is 5.13 Å². The van der Waals surface area contributed by atoms with Crippen molar-refractivity contribution in [2.75, 3.05) is 16.4 Å². The van der Waals surface area contributed by atoms with Crippen LogP contribution in [0.3, 0.4) is 0 Å². The maximum Gasteiger partial charge on any atom is 0.336 e. The van der Waals surface area contributed by atoms with E-state index in [1.807, 2.05) is 41.8 Å². The molecular formula is C29H20BrN3O4S2. The first-order valence-electron chi connectivity index (χ1n) is 11.7. The van der Waals surface area contributed by atoms with E-state index in [9.17, 15) is 19.5 Å². The minimum Gasteiger partial charge on any atom is -0.478 e. The summed E-state index contributed by atoms with van der Waals surface area (Å²) in [5.74, 6) is -1.46. The van der Waals surface area contributed by atoms with Gasteiger partial charge in [0, 0.05) is 36.9 Å². The number of hydrogen-bond acceptors (Lipinski definition) is 6. The lowest BCUT2D eigenvalue weighted by molar-refractivity contribution is -0.113. The van der Waals surface area contributed by atoms with Gasteiger partial charge in [-0.25, -0.2) is 9.78 Å². The number of halogens is 1. The Morgan fingerprint density at radius 1 is 0.872 bits per heavy atom. The summed E-state index contributed by atoms with van der Waals surface area (Å²) in [7, 11) is 0. The molecule has 0 saturated carbocycles. The Balaban J connectivity index is 1.18. The molecule has 0 fully saturated rings. The molecule has 0 unspecified atom stereocenters. The van der Waals surface area contributed by atoms with Gasteiger partial charge in [-0.05, 0) is 53.9 Å². The molecule has 0 radical (unpaired) electrons. The van der Waals surface area contributed by atoms with E-state index in [0.29, 0.717) is 21.6 Å². The Morgan fingerprint density at radius 2 is 1.56 bits per heavy atom. The monoisotopic (exact) mass is 617 g/mol. The molecule has 0 saturated heterocycles. The van der Waals surface area contributed by atoms with Gasteiger partial charge in [0.2, 0.25) is 5.91 Å². The van der Waals surface area contributed by atoms with Crippen molar-refractivity contribution in [2.24, 2.45) is 0 Å². The molecule has 0 atom stereocenters. The van der Waals surface area contributed by atoms with Crippen molar-refractivity contribution in [1.29, 1.82) is 0 Å². The number of aromatic carboxylic acids is 1. The number of carbonyl (C=O) groups is 3. The van der Waals surface area contributed by atoms with Gasteiger partial charge >= 0.3 is 5.97 Å². The van der Waals surface area contributed by atoms with Gasteiger partial charge in [0.1, 0.15) is 0 Å². The van der Waals surface area contributed by atoms with E-state index < -0.39 is 11.9 Å². The standard InChI is InChI=1S/C29H20BrN3O4S2/c30-19-9-7-17(8-10-19)24-15-39-29(32-24)33-25(34)16-38-21-13-11-20(12-14-21)31-27(35)22-5-1-3-18-4-2-6-23(26(18)22)28(36)37/h1-15H,16H2,(H,31,35)(H,36,37)(H,32,33,34). The second kappa shape index (κ2) is 11.8. The van der Waals surface area contributed by atoms with Crippen LogP contribution in [0, 0.1) is 0 Å². The van der Waals surface area contributed by atoms with Gasteiger partial charge in [0.25, 0.3) is 5.91 Å². The van der Waals surface area contributed by atoms with Crippen molar-refractivity contribution >= 4 is 78.4 Å². The fourth-order valence-corrected chi connectivity index (χ4v) is 5.63. The third-order valence-corrected chi connectivity index (χ3v) is 8.05. The third kappa shape index (κ3) is 6.36. The lowest BCUT2D eigenvalue weighted by Gasteiger charge is -2.11. The molecule has 5 aromatic rings. The second-order valence-corrected chi connectivity index (χ2v) is 11.2. The number of fused-ring (bicyclic) bond motifs is 1. The van der Waals surface area contributed by atoms with E-state index in [1.165, 1.54) is 29.2 Å². The zero-order chi connectivity index (χ0) is 27.4. The molecule has 10 heteroatoms. The van der Waals surface area contributed by atoms with E-state index in [0.717, 1.165) is 20.6 Å². The Labute approximate surface area is 240 Å². The first kappa shape index (κ1) is 26.6. The van der Waals surface area contributed by atoms with Gasteiger partial charge < -0.3 is 15.7 Å². The van der Waals surface area contributed by atoms with Crippen molar-refractivity contribution in [3.63, 3.8) is 0 Å². The lowest BCUT2D eigenvalue weighted by Crippen LogP contribution is -2.14. The molecule has 39 heavy (non-hydrogen) atoms. The summed E-state index contributed by atoms with van der Waals surface area (Å²) in [6.07, 6.45) is 0. The maximum atomic E-state index is 13.0. The van der Waals surface area contributed by atoms with Crippen LogP contribution in [-0.4, -0.2) is 33.6 Å². The predicted octanol–water partition coefficient (Wildman–Crippen LogP) is 7.41. The number of hydrogen-bond donors (Lipinski definition) is 3. The Morgan fingerprint density at radius 3 is 2.26 bits per heavy atom. The van der Waals surface area contributed by atoms with E-state index in [4.69, 9.17) is 0 Å². The summed E-state index contributed by atoms with van der Waals surface area (Å²) in [4.78, 5) is 42.5. The van der Waals surface area contributed by atoms with E-state index >= 15 is 0 Å². The number of aromatic nitrogens is 1. The maximum absolute atomic E-state index is 13.0. The topological polar surface area (TPSA) is 108 Å². The van der Waals surface area contributed by atoms with Crippen LogP contribution < -0.4 is 10.6 Å². The van der Waals surface area contributed by atoms with Crippen LogP contribution >= 0.6 is 39.0 Å². The Bertz CT molecular complexity index is 1680. The number of carboxylic acids is 1. The number of rotatable bonds is 8. The SMILES string of the molecule is O=C(CSc1ccc(NC(=O)c2cccc3cccc(C(=O)O)c23)cc1)Nc1nc(-c2ccc(Br)cc2)cs1. The first-order chi connectivity index (χ1) is 18.9. The van der Waals surface area contributed by atoms with Crippen molar-refractivity contribution in [1.82, 2.24) is 4.98 Å². The highest BCUT2D eigenvalue weighted by Crippen LogP contribution is 2.28. The largest absolute Gasteiger partial charge is 0.478 e. The number of nitrogens with one attached hydrogen (secondary N) is 2. The van der Waals surface area contributed by atoms with Gasteiger partial charge in [0.05, 0.1) is 17.0 Å². The molecule has 0 aliphatic carbocycles. The van der Waals surface area contributed by atoms with Crippen LogP contribution in [0.5, 0.6) is 0 Å². The zero-order valence-electron chi connectivity index (χ0n) is 20.2. The summed E-state index contributed by atoms with van der Waals surface area (Å²) in [6, 6.07) is 24.9. The molecule has 0 bridgehead atoms. The zero-order valence-corrected chi connectivity index (χ0v) is 23.4. The quantitative estimate of drug-likeness (QED) is 0.156. The van der Waals surface area contributed by atoms with Gasteiger partial charge in [-0.1, -0.05) is 52.3 Å². The minimum absolute atomic E-state index is 0.0746. The number of nitrogens with zero attached hydrogens (tertiary/aromatic N) is 1. The van der Waals surface area contributed by atoms with Crippen LogP contribution in [0.1, 0.15) is 20.7 Å². The molecule has 1 aromatic heterocycles. The molecule has 194 valence electrons. The Hall–Kier alpha value is -3.99. The summed E-state index contributed by atoms with van der Waals surface area (Å²) >= 11 is 6.15. The number of benzene rings is 4. The van der Waals surface area contributed by atoms with Crippen LogP contribution in [-0.2, 0) is 4.79 Å². The van der Waals surface area contributed by atoms with Gasteiger partial charge in [-0.15, -0.1) is 23.1 Å². The van der Waals surface area contributed by atoms with Crippen LogP contribution in [0.4, 0.5) is 10.8 Å². The van der Waals surface area contributed by atoms with Crippen molar-refractivity contribution in [3.05, 3.63) is 106 Å². The second-order valence-electron chi connectivity index (χ2n) is 8.37. The van der Waals surface area contributed by atoms with E-state index in [1.54, 1.807) is 42.5 Å². The molecule has 0 aliphatic heterocycles. The number of amides is 2. The number of thioether (sulfide) groups is 1. The van der Waals surface area contributed by atoms with Crippen molar-refractivity contribution in [2.45, 2.75) is 4.90 Å². The van der Waals surface area contributed by atoms with Gasteiger partial charge in [-0.3, -0.25) is 9.59 Å². The summed E-state index contributed by atoms with van der Waals surface area (Å²) in [6.45, 7) is 0. The van der Waals surface area contributed by atoms with E-state index in [2.05, 4.69) is 31.5 Å². The summed E-state index contributed by atoms with van der Waals surface area (Å²) in [5.41, 5.74) is 2.69. The molecule has 7 nitrogen and oxygen atoms in total. The van der Waals surface area contributed by atoms with E-state index in [-0.39, 0.29) is 22.8 Å². The molecule has 0 aliphatic rings. The third-order valence-electron chi connectivity index (χ3n) is 5.75. The Kier molecular flexibility index (Phi) is 8.06. The molecule has 3 N–H and O–H groups in total. The summed E-state index contributed by atoms with van der Waals surface area (Å²) < 4.78 is 0.988. The fraction of sp³-hybridized carbons (Fsp3) is 0.0345. The highest BCUT2D eigenvalue weighted by atomic mass is 79.9.